The Morgan fingerprint density at radius 2 is 0.792 bits per heavy atom. The summed E-state index contributed by atoms with van der Waals surface area (Å²) in [6, 6.07) is 0. The van der Waals surface area contributed by atoms with Gasteiger partial charge in [-0.2, -0.15) is 26.3 Å². The fourth-order valence-electron chi connectivity index (χ4n) is 5.06. The van der Waals surface area contributed by atoms with Crippen molar-refractivity contribution in [3.05, 3.63) is 0 Å². The van der Waals surface area contributed by atoms with Crippen molar-refractivity contribution in [3.63, 3.8) is 0 Å². The summed E-state index contributed by atoms with van der Waals surface area (Å²) in [4.78, 5) is 84.5. The number of carbonyl (C=O) groups is 7. The molecule has 0 spiro atoms. The lowest BCUT2D eigenvalue weighted by molar-refractivity contribution is -0.397. The molecule has 0 N–H and O–H groups in total. The summed E-state index contributed by atoms with van der Waals surface area (Å²) in [7, 11) is 0. The van der Waals surface area contributed by atoms with Crippen LogP contribution in [0.25, 0.3) is 0 Å². The molecule has 2 heterocycles. The number of carbonyl (C=O) groups excluding carboxylic acids is 7. The Balaban J connectivity index is 2.82. The highest BCUT2D eigenvalue weighted by molar-refractivity contribution is 5.69. The van der Waals surface area contributed by atoms with Crippen molar-refractivity contribution in [1.82, 2.24) is 0 Å². The molecule has 10 atom stereocenters. The Hall–Kier alpha value is -4.29. The number of ether oxygens (including phenoxy) is 11. The van der Waals surface area contributed by atoms with Crippen LogP contribution in [-0.2, 0) is 85.7 Å². The maximum absolute atomic E-state index is 13.6. The van der Waals surface area contributed by atoms with E-state index < -0.39 is 135 Å². The molecule has 24 heteroatoms. The second-order valence-corrected chi connectivity index (χ2v) is 11.3. The quantitative estimate of drug-likeness (QED) is 0.145. The van der Waals surface area contributed by atoms with Crippen LogP contribution in [0.2, 0.25) is 0 Å². The zero-order valence-electron chi connectivity index (χ0n) is 28.9. The average Bonchev–Trinajstić information content (AvgIpc) is 2.96. The first kappa shape index (κ1) is 44.9. The number of hydrogen-bond acceptors (Lipinski definition) is 18. The first-order valence-corrected chi connectivity index (χ1v) is 15.2. The molecule has 2 aliphatic rings. The molecule has 0 saturated carbocycles. The molecule has 18 nitrogen and oxygen atoms in total. The summed E-state index contributed by atoms with van der Waals surface area (Å²) >= 11 is 0. The second-order valence-electron chi connectivity index (χ2n) is 11.3. The summed E-state index contributed by atoms with van der Waals surface area (Å²) in [6.45, 7) is 4.05. The van der Waals surface area contributed by atoms with Gasteiger partial charge in [0, 0.05) is 48.5 Å². The van der Waals surface area contributed by atoms with Crippen molar-refractivity contribution < 1.29 is 112 Å². The predicted molar refractivity (Wildman–Crippen MR) is 150 cm³/mol. The van der Waals surface area contributed by atoms with Gasteiger partial charge in [0.1, 0.15) is 31.5 Å². The highest BCUT2D eigenvalue weighted by Crippen LogP contribution is 2.40. The van der Waals surface area contributed by atoms with Gasteiger partial charge in [0.05, 0.1) is 0 Å². The van der Waals surface area contributed by atoms with Crippen LogP contribution in [0.4, 0.5) is 26.3 Å². The Kier molecular flexibility index (Phi) is 15.8. The molecule has 0 amide bonds. The zero-order chi connectivity index (χ0) is 40.6. The van der Waals surface area contributed by atoms with E-state index in [4.69, 9.17) is 47.4 Å². The van der Waals surface area contributed by atoms with Gasteiger partial charge in [0.2, 0.25) is 0 Å². The Labute approximate surface area is 295 Å². The number of hydrogen-bond donors (Lipinski definition) is 0. The van der Waals surface area contributed by atoms with Gasteiger partial charge < -0.3 is 52.1 Å². The summed E-state index contributed by atoms with van der Waals surface area (Å²) in [6.07, 6.45) is -38.1. The lowest BCUT2D eigenvalue weighted by atomic mass is 9.96. The van der Waals surface area contributed by atoms with Crippen LogP contribution >= 0.6 is 0 Å². The summed E-state index contributed by atoms with van der Waals surface area (Å²) in [5.41, 5.74) is 0. The predicted octanol–water partition coefficient (Wildman–Crippen LogP) is 1.12. The second kappa shape index (κ2) is 18.6. The molecule has 0 aromatic heterocycles. The van der Waals surface area contributed by atoms with Gasteiger partial charge >= 0.3 is 54.1 Å². The van der Waals surface area contributed by atoms with E-state index in [1.54, 1.807) is 0 Å². The van der Waals surface area contributed by atoms with Gasteiger partial charge in [0.15, 0.2) is 43.1 Å². The maximum atomic E-state index is 13.6. The smallest absolute Gasteiger partial charge is 0.423 e. The molecule has 0 aromatic rings. The van der Waals surface area contributed by atoms with Gasteiger partial charge in [-0.3, -0.25) is 33.6 Å². The molecule has 2 saturated heterocycles. The zero-order valence-corrected chi connectivity index (χ0v) is 28.9. The largest absolute Gasteiger partial charge is 0.463 e. The highest BCUT2D eigenvalue weighted by Gasteiger charge is 2.63. The molecule has 53 heavy (non-hydrogen) atoms. The van der Waals surface area contributed by atoms with Crippen molar-refractivity contribution in [3.8, 4) is 0 Å². The topological polar surface area (TPSA) is 221 Å². The molecule has 0 unspecified atom stereocenters. The van der Waals surface area contributed by atoms with Gasteiger partial charge in [0.25, 0.3) is 6.10 Å². The monoisotopic (exact) mass is 786 g/mol. The van der Waals surface area contributed by atoms with Crippen molar-refractivity contribution in [2.45, 2.75) is 128 Å². The minimum absolute atomic E-state index is 0.674. The molecule has 0 radical (unpaired) electrons. The summed E-state index contributed by atoms with van der Waals surface area (Å²) in [5, 5.41) is 0. The third-order valence-electron chi connectivity index (χ3n) is 6.75. The number of esters is 7. The molecular weight excluding hydrogens is 750 g/mol. The first-order chi connectivity index (χ1) is 24.3. The first-order valence-electron chi connectivity index (χ1n) is 15.2. The third kappa shape index (κ3) is 13.6. The van der Waals surface area contributed by atoms with Gasteiger partial charge in [-0.15, -0.1) is 0 Å². The Morgan fingerprint density at radius 1 is 0.472 bits per heavy atom. The minimum Gasteiger partial charge on any atom is -0.463 e. The molecule has 2 fully saturated rings. The highest BCUT2D eigenvalue weighted by atomic mass is 19.4. The Bertz CT molecular complexity index is 1340. The maximum Gasteiger partial charge on any atom is 0.423 e. The minimum atomic E-state index is -6.13. The van der Waals surface area contributed by atoms with Crippen LogP contribution in [0.1, 0.15) is 48.5 Å². The van der Waals surface area contributed by atoms with Gasteiger partial charge in [-0.25, -0.2) is 0 Å². The normalized spacial score (nSPS) is 28.9. The van der Waals surface area contributed by atoms with Crippen LogP contribution in [0.5, 0.6) is 0 Å². The van der Waals surface area contributed by atoms with Crippen molar-refractivity contribution >= 4 is 41.8 Å². The van der Waals surface area contributed by atoms with Crippen LogP contribution in [0, 0.1) is 0 Å². The molecule has 302 valence electrons. The van der Waals surface area contributed by atoms with E-state index in [2.05, 4.69) is 4.74 Å². The standard InChI is InChI=1S/C29H36F6O18/c1-10(36)43-8-17-19(45-12(3)38)21(46-13(4)39)23(48-15(6)41)25(50-17)52-20-18(9-44-11(2)37)51-26(53-27(28(30,31)32)29(33,34)35)24(49-16(7)42)22(20)47-14(5)40/h17-27H,8-9H2,1-7H3/t17-,18-,19-,20-,21+,22+,23-,24-,25+,26+/m1/s1. The summed E-state index contributed by atoms with van der Waals surface area (Å²) in [5.74, 6) is -7.83. The van der Waals surface area contributed by atoms with E-state index in [9.17, 15) is 59.9 Å². The van der Waals surface area contributed by atoms with E-state index in [0.29, 0.717) is 6.92 Å². The van der Waals surface area contributed by atoms with Crippen LogP contribution in [0.3, 0.4) is 0 Å². The van der Waals surface area contributed by atoms with Crippen LogP contribution < -0.4 is 0 Å². The fourth-order valence-corrected chi connectivity index (χ4v) is 5.06. The van der Waals surface area contributed by atoms with Crippen molar-refractivity contribution in [2.75, 3.05) is 13.2 Å². The molecule has 0 aliphatic carbocycles. The van der Waals surface area contributed by atoms with Gasteiger partial charge in [-0.05, 0) is 0 Å². The fraction of sp³-hybridized carbons (Fsp3) is 0.759. The van der Waals surface area contributed by atoms with E-state index in [0.717, 1.165) is 41.5 Å². The molecular formula is C29H36F6O18. The molecule has 2 aliphatic heterocycles. The molecule has 2 rings (SSSR count). The lowest BCUT2D eigenvalue weighted by Gasteiger charge is -2.49. The third-order valence-corrected chi connectivity index (χ3v) is 6.75. The SMILES string of the molecule is CC(=O)OC[C@H]1O[C@@H](O[C@H]2[C@H](OC(C)=O)[C@@H](OC(C)=O)[C@H](OC(C(F)(F)F)C(F)(F)F)O[C@@H]2COC(C)=O)[C@H](OC(C)=O)[C@@H](OC(C)=O)[C@@H]1OC(C)=O. The van der Waals surface area contributed by atoms with Crippen LogP contribution in [0.15, 0.2) is 0 Å². The van der Waals surface area contributed by atoms with Crippen molar-refractivity contribution in [2.24, 2.45) is 0 Å². The van der Waals surface area contributed by atoms with E-state index in [-0.39, 0.29) is 0 Å². The van der Waals surface area contributed by atoms with Crippen molar-refractivity contribution in [1.29, 1.82) is 0 Å². The van der Waals surface area contributed by atoms with E-state index in [1.165, 1.54) is 0 Å². The average molecular weight is 787 g/mol. The van der Waals surface area contributed by atoms with Crippen LogP contribution in [-0.4, -0.2) is 135 Å². The Morgan fingerprint density at radius 3 is 1.17 bits per heavy atom. The lowest BCUT2D eigenvalue weighted by Crippen LogP contribution is -2.68. The molecule has 0 aromatic carbocycles. The van der Waals surface area contributed by atoms with E-state index >= 15 is 0 Å². The number of halogens is 6. The summed E-state index contributed by atoms with van der Waals surface area (Å²) < 4.78 is 139. The number of alkyl halides is 6. The number of rotatable bonds is 13. The van der Waals surface area contributed by atoms with Gasteiger partial charge in [-0.1, -0.05) is 0 Å². The van der Waals surface area contributed by atoms with E-state index in [1.807, 2.05) is 0 Å². The molecule has 0 bridgehead atoms.